The average molecular weight is 389 g/mol. The number of esters is 1. The zero-order valence-electron chi connectivity index (χ0n) is 15.8. The molecule has 4 rings (SSSR count). The SMILES string of the molecule is Cc1c([C@@H](O)CNCc2ccc(-n3ccc(C#N)n3)nc2)ccc2c1COC2=O. The highest BCUT2D eigenvalue weighted by atomic mass is 16.5. The highest BCUT2D eigenvalue weighted by Gasteiger charge is 2.25. The van der Waals surface area contributed by atoms with Gasteiger partial charge in [0.1, 0.15) is 12.7 Å². The predicted molar refractivity (Wildman–Crippen MR) is 103 cm³/mol. The number of aliphatic hydroxyl groups excluding tert-OH is 1. The van der Waals surface area contributed by atoms with E-state index in [1.165, 1.54) is 0 Å². The normalized spacial score (nSPS) is 13.6. The molecule has 0 amide bonds. The van der Waals surface area contributed by atoms with E-state index in [2.05, 4.69) is 15.4 Å². The van der Waals surface area contributed by atoms with E-state index in [0.717, 1.165) is 22.3 Å². The Morgan fingerprint density at radius 1 is 1.34 bits per heavy atom. The summed E-state index contributed by atoms with van der Waals surface area (Å²) < 4.78 is 6.61. The lowest BCUT2D eigenvalue weighted by Crippen LogP contribution is -2.22. The van der Waals surface area contributed by atoms with Crippen LogP contribution in [0.3, 0.4) is 0 Å². The van der Waals surface area contributed by atoms with E-state index >= 15 is 0 Å². The van der Waals surface area contributed by atoms with Gasteiger partial charge in [0.05, 0.1) is 11.7 Å². The van der Waals surface area contributed by atoms with E-state index in [0.29, 0.717) is 30.2 Å². The molecular formula is C21H19N5O3. The van der Waals surface area contributed by atoms with Crippen LogP contribution < -0.4 is 5.32 Å². The molecule has 0 saturated carbocycles. The number of pyridine rings is 1. The number of aliphatic hydroxyl groups is 1. The summed E-state index contributed by atoms with van der Waals surface area (Å²) in [6.45, 7) is 3.06. The van der Waals surface area contributed by atoms with Crippen molar-refractivity contribution in [2.24, 2.45) is 0 Å². The lowest BCUT2D eigenvalue weighted by molar-refractivity contribution is 0.0535. The first kappa shape index (κ1) is 18.8. The van der Waals surface area contributed by atoms with Crippen LogP contribution in [-0.4, -0.2) is 32.4 Å². The number of ether oxygens (including phenoxy) is 1. The molecule has 3 aromatic rings. The van der Waals surface area contributed by atoms with Crippen molar-refractivity contribution in [3.05, 3.63) is 76.2 Å². The van der Waals surface area contributed by atoms with Gasteiger partial charge in [-0.05, 0) is 41.8 Å². The van der Waals surface area contributed by atoms with Crippen LogP contribution in [0.5, 0.6) is 0 Å². The molecule has 0 bridgehead atoms. The third-order valence-corrected chi connectivity index (χ3v) is 4.98. The van der Waals surface area contributed by atoms with Gasteiger partial charge in [0.2, 0.25) is 0 Å². The molecule has 146 valence electrons. The first-order valence-corrected chi connectivity index (χ1v) is 9.16. The molecule has 29 heavy (non-hydrogen) atoms. The van der Waals surface area contributed by atoms with Gasteiger partial charge in [-0.25, -0.2) is 14.5 Å². The van der Waals surface area contributed by atoms with Crippen LogP contribution >= 0.6 is 0 Å². The maximum absolute atomic E-state index is 11.6. The largest absolute Gasteiger partial charge is 0.457 e. The van der Waals surface area contributed by atoms with E-state index in [4.69, 9.17) is 10.00 Å². The van der Waals surface area contributed by atoms with E-state index in [1.807, 2.05) is 25.1 Å². The second-order valence-corrected chi connectivity index (χ2v) is 6.81. The van der Waals surface area contributed by atoms with Crippen LogP contribution in [0, 0.1) is 18.3 Å². The number of carbonyl (C=O) groups is 1. The zero-order chi connectivity index (χ0) is 20.4. The van der Waals surface area contributed by atoms with Crippen LogP contribution in [0.2, 0.25) is 0 Å². The van der Waals surface area contributed by atoms with Crippen molar-refractivity contribution in [1.82, 2.24) is 20.1 Å². The van der Waals surface area contributed by atoms with Gasteiger partial charge in [0.25, 0.3) is 0 Å². The Bertz CT molecular complexity index is 1100. The summed E-state index contributed by atoms with van der Waals surface area (Å²) in [7, 11) is 0. The summed E-state index contributed by atoms with van der Waals surface area (Å²) in [5.74, 6) is 0.318. The Labute approximate surface area is 167 Å². The molecular weight excluding hydrogens is 370 g/mol. The maximum atomic E-state index is 11.6. The number of carbonyl (C=O) groups excluding carboxylic acids is 1. The minimum atomic E-state index is -0.697. The molecule has 0 spiro atoms. The number of cyclic esters (lactones) is 1. The molecule has 2 N–H and O–H groups in total. The first-order valence-electron chi connectivity index (χ1n) is 9.16. The van der Waals surface area contributed by atoms with Crippen LogP contribution in [0.1, 0.15) is 44.4 Å². The highest BCUT2D eigenvalue weighted by molar-refractivity contribution is 5.93. The number of rotatable bonds is 6. The average Bonchev–Trinajstić information content (AvgIpc) is 3.36. The summed E-state index contributed by atoms with van der Waals surface area (Å²) in [5, 5.41) is 26.7. The molecule has 8 nitrogen and oxygen atoms in total. The van der Waals surface area contributed by atoms with E-state index in [9.17, 15) is 9.90 Å². The Balaban J connectivity index is 1.35. The van der Waals surface area contributed by atoms with Crippen molar-refractivity contribution in [3.8, 4) is 11.9 Å². The van der Waals surface area contributed by atoms with Crippen molar-refractivity contribution in [1.29, 1.82) is 5.26 Å². The molecule has 0 unspecified atom stereocenters. The number of fused-ring (bicyclic) bond motifs is 1. The van der Waals surface area contributed by atoms with Gasteiger partial charge < -0.3 is 15.2 Å². The fourth-order valence-corrected chi connectivity index (χ4v) is 3.36. The summed E-state index contributed by atoms with van der Waals surface area (Å²) in [6.07, 6.45) is 2.72. The van der Waals surface area contributed by atoms with Crippen molar-refractivity contribution < 1.29 is 14.6 Å². The van der Waals surface area contributed by atoms with Crippen molar-refractivity contribution in [3.63, 3.8) is 0 Å². The molecule has 1 atom stereocenters. The summed E-state index contributed by atoms with van der Waals surface area (Å²) in [6, 6.07) is 10.8. The topological polar surface area (TPSA) is 113 Å². The lowest BCUT2D eigenvalue weighted by atomic mass is 9.95. The molecule has 1 aromatic carbocycles. The number of nitrogens with zero attached hydrogens (tertiary/aromatic N) is 4. The van der Waals surface area contributed by atoms with Crippen LogP contribution in [-0.2, 0) is 17.9 Å². The molecule has 1 aliphatic rings. The molecule has 0 radical (unpaired) electrons. The zero-order valence-corrected chi connectivity index (χ0v) is 15.8. The minimum Gasteiger partial charge on any atom is -0.457 e. The van der Waals surface area contributed by atoms with Crippen molar-refractivity contribution >= 4 is 5.97 Å². The van der Waals surface area contributed by atoms with Gasteiger partial charge in [-0.15, -0.1) is 0 Å². The third kappa shape index (κ3) is 3.74. The number of nitriles is 1. The fraction of sp³-hybridized carbons (Fsp3) is 0.238. The Morgan fingerprint density at radius 2 is 2.21 bits per heavy atom. The standard InChI is InChI=1S/C21H19N5O3/c1-13-16(3-4-17-18(13)12-29-21(17)28)19(27)11-23-9-14-2-5-20(24-10-14)26-7-6-15(8-22)25-26/h2-7,10,19,23,27H,9,11-12H2,1H3/t19-/m0/s1. The van der Waals surface area contributed by atoms with Gasteiger partial charge in [0, 0.05) is 31.0 Å². The fourth-order valence-electron chi connectivity index (χ4n) is 3.36. The van der Waals surface area contributed by atoms with Crippen LogP contribution in [0.4, 0.5) is 0 Å². The Hall–Kier alpha value is -3.54. The van der Waals surface area contributed by atoms with E-state index in [1.54, 1.807) is 35.3 Å². The molecule has 0 aliphatic carbocycles. The van der Waals surface area contributed by atoms with Gasteiger partial charge in [0.15, 0.2) is 11.5 Å². The predicted octanol–water partition coefficient (Wildman–Crippen LogP) is 1.94. The molecule has 3 heterocycles. The van der Waals surface area contributed by atoms with Crippen LogP contribution in [0.25, 0.3) is 5.82 Å². The van der Waals surface area contributed by atoms with Gasteiger partial charge in [-0.1, -0.05) is 12.1 Å². The molecule has 0 saturated heterocycles. The second kappa shape index (κ2) is 7.83. The number of hydrogen-bond acceptors (Lipinski definition) is 7. The maximum Gasteiger partial charge on any atom is 0.338 e. The summed E-state index contributed by atoms with van der Waals surface area (Å²) in [5.41, 5.74) is 4.41. The quantitative estimate of drug-likeness (QED) is 0.620. The van der Waals surface area contributed by atoms with Gasteiger partial charge >= 0.3 is 5.97 Å². The number of nitrogens with one attached hydrogen (secondary N) is 1. The molecule has 8 heteroatoms. The smallest absolute Gasteiger partial charge is 0.338 e. The van der Waals surface area contributed by atoms with E-state index < -0.39 is 6.10 Å². The van der Waals surface area contributed by atoms with Gasteiger partial charge in [-0.2, -0.15) is 10.4 Å². The highest BCUT2D eigenvalue weighted by Crippen LogP contribution is 2.28. The van der Waals surface area contributed by atoms with Crippen molar-refractivity contribution in [2.75, 3.05) is 6.54 Å². The van der Waals surface area contributed by atoms with Crippen molar-refractivity contribution in [2.45, 2.75) is 26.2 Å². The number of hydrogen-bond donors (Lipinski definition) is 2. The van der Waals surface area contributed by atoms with Crippen LogP contribution in [0.15, 0.2) is 42.7 Å². The number of benzene rings is 1. The Morgan fingerprint density at radius 3 is 2.93 bits per heavy atom. The molecule has 1 aliphatic heterocycles. The lowest BCUT2D eigenvalue weighted by Gasteiger charge is -2.16. The van der Waals surface area contributed by atoms with Gasteiger partial charge in [-0.3, -0.25) is 0 Å². The summed E-state index contributed by atoms with van der Waals surface area (Å²) in [4.78, 5) is 16.0. The number of aromatic nitrogens is 3. The molecule has 2 aromatic heterocycles. The first-order chi connectivity index (χ1) is 14.1. The second-order valence-electron chi connectivity index (χ2n) is 6.81. The third-order valence-electron chi connectivity index (χ3n) is 4.98. The van der Waals surface area contributed by atoms with E-state index in [-0.39, 0.29) is 12.6 Å². The summed E-state index contributed by atoms with van der Waals surface area (Å²) >= 11 is 0. The minimum absolute atomic E-state index is 0.262. The monoisotopic (exact) mass is 389 g/mol. The molecule has 0 fully saturated rings. The Kier molecular flexibility index (Phi) is 5.08.